The molecular weight excluding hydrogens is 198 g/mol. The number of aromatic nitrogens is 1. The number of hydrogen-bond acceptors (Lipinski definition) is 3. The van der Waals surface area contributed by atoms with Crippen LogP contribution in [0.3, 0.4) is 0 Å². The molecule has 1 aromatic rings. The van der Waals surface area contributed by atoms with E-state index in [2.05, 4.69) is 47.9 Å². The van der Waals surface area contributed by atoms with Crippen molar-refractivity contribution in [2.24, 2.45) is 0 Å². The lowest BCUT2D eigenvalue weighted by Crippen LogP contribution is -2.31. The van der Waals surface area contributed by atoms with Gasteiger partial charge < -0.3 is 9.80 Å². The molecule has 0 saturated carbocycles. The Morgan fingerprint density at radius 2 is 1.62 bits per heavy atom. The highest BCUT2D eigenvalue weighted by Crippen LogP contribution is 1.98. The summed E-state index contributed by atoms with van der Waals surface area (Å²) in [5.74, 6) is 0. The minimum absolute atomic E-state index is 1.11. The number of rotatable bonds is 7. The Morgan fingerprint density at radius 3 is 2.25 bits per heavy atom. The van der Waals surface area contributed by atoms with E-state index in [0.717, 1.165) is 32.6 Å². The summed E-state index contributed by atoms with van der Waals surface area (Å²) >= 11 is 0. The van der Waals surface area contributed by atoms with Crippen LogP contribution in [0.2, 0.25) is 0 Å². The summed E-state index contributed by atoms with van der Waals surface area (Å²) < 4.78 is 0. The van der Waals surface area contributed by atoms with Gasteiger partial charge in [-0.3, -0.25) is 4.98 Å². The average Bonchev–Trinajstić information content (AvgIpc) is 2.34. The van der Waals surface area contributed by atoms with Crippen LogP contribution in [0.5, 0.6) is 0 Å². The van der Waals surface area contributed by atoms with Crippen molar-refractivity contribution in [3.05, 3.63) is 30.1 Å². The molecule has 0 N–H and O–H groups in total. The molecule has 0 fully saturated rings. The van der Waals surface area contributed by atoms with Crippen molar-refractivity contribution in [2.45, 2.75) is 13.3 Å². The molecule has 0 aliphatic rings. The van der Waals surface area contributed by atoms with E-state index < -0.39 is 0 Å². The van der Waals surface area contributed by atoms with Gasteiger partial charge in [-0.2, -0.15) is 0 Å². The molecule has 90 valence electrons. The summed E-state index contributed by atoms with van der Waals surface area (Å²) in [5.41, 5.74) is 1.37. The average molecular weight is 221 g/mol. The lowest BCUT2D eigenvalue weighted by molar-refractivity contribution is 0.265. The molecule has 0 saturated heterocycles. The fourth-order valence-electron chi connectivity index (χ4n) is 1.48. The topological polar surface area (TPSA) is 19.4 Å². The molecule has 0 amide bonds. The SMILES string of the molecule is CCN(C)CCN(C)CCc1ccncc1. The minimum Gasteiger partial charge on any atom is -0.305 e. The smallest absolute Gasteiger partial charge is 0.0270 e. The number of pyridine rings is 1. The van der Waals surface area contributed by atoms with Crippen molar-refractivity contribution in [1.29, 1.82) is 0 Å². The molecule has 3 nitrogen and oxygen atoms in total. The second kappa shape index (κ2) is 7.36. The fraction of sp³-hybridized carbons (Fsp3) is 0.615. The van der Waals surface area contributed by atoms with Gasteiger partial charge in [0, 0.05) is 32.0 Å². The van der Waals surface area contributed by atoms with Crippen LogP contribution >= 0.6 is 0 Å². The first-order chi connectivity index (χ1) is 7.72. The molecule has 1 rings (SSSR count). The van der Waals surface area contributed by atoms with E-state index in [1.54, 1.807) is 0 Å². The predicted octanol–water partition coefficient (Wildman–Crippen LogP) is 1.51. The van der Waals surface area contributed by atoms with Crippen molar-refractivity contribution in [3.63, 3.8) is 0 Å². The van der Waals surface area contributed by atoms with Crippen molar-refractivity contribution >= 4 is 0 Å². The van der Waals surface area contributed by atoms with E-state index in [4.69, 9.17) is 0 Å². The Hall–Kier alpha value is -0.930. The molecule has 16 heavy (non-hydrogen) atoms. The van der Waals surface area contributed by atoms with Crippen LogP contribution in [0.25, 0.3) is 0 Å². The van der Waals surface area contributed by atoms with E-state index in [1.807, 2.05) is 12.4 Å². The molecule has 1 heterocycles. The minimum atomic E-state index is 1.11. The first kappa shape index (κ1) is 13.1. The number of nitrogens with zero attached hydrogens (tertiary/aromatic N) is 3. The molecular formula is C13H23N3. The summed E-state index contributed by atoms with van der Waals surface area (Å²) in [6.07, 6.45) is 4.83. The van der Waals surface area contributed by atoms with Crippen LogP contribution in [0.4, 0.5) is 0 Å². The zero-order valence-corrected chi connectivity index (χ0v) is 10.7. The van der Waals surface area contributed by atoms with Crippen molar-refractivity contribution < 1.29 is 0 Å². The van der Waals surface area contributed by atoms with E-state index in [0.29, 0.717) is 0 Å². The molecule has 0 aliphatic heterocycles. The van der Waals surface area contributed by atoms with E-state index in [1.165, 1.54) is 5.56 Å². The summed E-state index contributed by atoms with van der Waals surface area (Å²) in [7, 11) is 4.35. The van der Waals surface area contributed by atoms with Gasteiger partial charge in [-0.1, -0.05) is 6.92 Å². The van der Waals surface area contributed by atoms with Gasteiger partial charge in [0.25, 0.3) is 0 Å². The zero-order valence-electron chi connectivity index (χ0n) is 10.7. The van der Waals surface area contributed by atoms with Gasteiger partial charge in [0.2, 0.25) is 0 Å². The van der Waals surface area contributed by atoms with Gasteiger partial charge in [-0.25, -0.2) is 0 Å². The molecule has 0 spiro atoms. The molecule has 0 radical (unpaired) electrons. The normalized spacial score (nSPS) is 11.3. The van der Waals surface area contributed by atoms with E-state index >= 15 is 0 Å². The third-order valence-corrected chi connectivity index (χ3v) is 2.93. The van der Waals surface area contributed by atoms with Crippen molar-refractivity contribution in [3.8, 4) is 0 Å². The van der Waals surface area contributed by atoms with Crippen LogP contribution in [-0.4, -0.2) is 55.1 Å². The molecule has 1 aromatic heterocycles. The maximum absolute atomic E-state index is 4.02. The highest BCUT2D eigenvalue weighted by atomic mass is 15.2. The van der Waals surface area contributed by atoms with Gasteiger partial charge in [0.15, 0.2) is 0 Å². The summed E-state index contributed by atoms with van der Waals surface area (Å²) in [6, 6.07) is 4.18. The maximum atomic E-state index is 4.02. The Bertz CT molecular complexity index is 274. The van der Waals surface area contributed by atoms with Crippen molar-refractivity contribution in [1.82, 2.24) is 14.8 Å². The fourth-order valence-corrected chi connectivity index (χ4v) is 1.48. The van der Waals surface area contributed by atoms with Crippen LogP contribution in [-0.2, 0) is 6.42 Å². The molecule has 0 atom stereocenters. The van der Waals surface area contributed by atoms with Gasteiger partial charge in [-0.05, 0) is 44.8 Å². The van der Waals surface area contributed by atoms with Gasteiger partial charge in [0.05, 0.1) is 0 Å². The quantitative estimate of drug-likeness (QED) is 0.696. The largest absolute Gasteiger partial charge is 0.305 e. The summed E-state index contributed by atoms with van der Waals surface area (Å²) in [6.45, 7) is 6.70. The monoisotopic (exact) mass is 221 g/mol. The number of likely N-dealkylation sites (N-methyl/N-ethyl adjacent to an activating group) is 2. The van der Waals surface area contributed by atoms with Gasteiger partial charge in [-0.15, -0.1) is 0 Å². The first-order valence-electron chi connectivity index (χ1n) is 5.98. The second-order valence-corrected chi connectivity index (χ2v) is 4.30. The Morgan fingerprint density at radius 1 is 1.00 bits per heavy atom. The van der Waals surface area contributed by atoms with E-state index in [-0.39, 0.29) is 0 Å². The molecule has 0 aliphatic carbocycles. The van der Waals surface area contributed by atoms with Gasteiger partial charge in [0.1, 0.15) is 0 Å². The third-order valence-electron chi connectivity index (χ3n) is 2.93. The number of hydrogen-bond donors (Lipinski definition) is 0. The lowest BCUT2D eigenvalue weighted by atomic mass is 10.2. The highest BCUT2D eigenvalue weighted by Gasteiger charge is 2.01. The Balaban J connectivity index is 2.18. The third kappa shape index (κ3) is 5.24. The molecule has 0 bridgehead atoms. The van der Waals surface area contributed by atoms with Crippen LogP contribution in [0.1, 0.15) is 12.5 Å². The Kier molecular flexibility index (Phi) is 6.04. The van der Waals surface area contributed by atoms with Gasteiger partial charge >= 0.3 is 0 Å². The predicted molar refractivity (Wildman–Crippen MR) is 68.6 cm³/mol. The highest BCUT2D eigenvalue weighted by molar-refractivity contribution is 5.09. The van der Waals surface area contributed by atoms with Crippen LogP contribution < -0.4 is 0 Å². The summed E-state index contributed by atoms with van der Waals surface area (Å²) in [5, 5.41) is 0. The van der Waals surface area contributed by atoms with Crippen LogP contribution in [0.15, 0.2) is 24.5 Å². The van der Waals surface area contributed by atoms with Crippen LogP contribution in [0, 0.1) is 0 Å². The standard InChI is InChI=1S/C13H23N3/c1-4-15(2)11-12-16(3)10-7-13-5-8-14-9-6-13/h5-6,8-9H,4,7,10-12H2,1-3H3. The summed E-state index contributed by atoms with van der Waals surface area (Å²) in [4.78, 5) is 8.74. The molecule has 3 heteroatoms. The van der Waals surface area contributed by atoms with Crippen molar-refractivity contribution in [2.75, 3.05) is 40.3 Å². The zero-order chi connectivity index (χ0) is 11.8. The van der Waals surface area contributed by atoms with E-state index in [9.17, 15) is 0 Å². The Labute approximate surface area is 99.1 Å². The maximum Gasteiger partial charge on any atom is 0.0270 e. The molecule has 0 unspecified atom stereocenters. The first-order valence-corrected chi connectivity index (χ1v) is 5.98. The lowest BCUT2D eigenvalue weighted by Gasteiger charge is -2.20. The second-order valence-electron chi connectivity index (χ2n) is 4.30. The molecule has 0 aromatic carbocycles.